The van der Waals surface area contributed by atoms with Crippen LogP contribution >= 0.6 is 11.5 Å². The minimum atomic E-state index is -1.51. The molecule has 2 atom stereocenters. The maximum Gasteiger partial charge on any atom is 0.353 e. The van der Waals surface area contributed by atoms with Crippen molar-refractivity contribution in [3.63, 3.8) is 0 Å². The number of nitrogens with two attached hydrogens (primary N) is 1. The summed E-state index contributed by atoms with van der Waals surface area (Å²) >= 11 is 0.975. The van der Waals surface area contributed by atoms with Crippen molar-refractivity contribution in [2.45, 2.75) is 64.8 Å². The molecule has 12 nitrogen and oxygen atoms in total. The Kier molecular flexibility index (Phi) is 7.57. The predicted molar refractivity (Wildman–Crippen MR) is 119 cm³/mol. The Hall–Kier alpha value is -3.06. The molecule has 0 unspecified atom stereocenters. The van der Waals surface area contributed by atoms with Gasteiger partial charge in [0.2, 0.25) is 28.2 Å². The highest BCUT2D eigenvalue weighted by Crippen LogP contribution is 2.19. The zero-order valence-electron chi connectivity index (χ0n) is 18.9. The first-order valence-electron chi connectivity index (χ1n) is 9.81. The van der Waals surface area contributed by atoms with Crippen LogP contribution in [0.5, 0.6) is 0 Å². The standard InChI is InChI=1S/C19H29N7O5S/c1-9(2)21-17-24-13(26-32-17)12(15(28)23-11-10(8-20)22-14(11)27)25-31-19(6,7)16(29)30-18(3,4)5/h10-11H,1,8,20H2,2-7H3,(H,22,27)(H,23,28)(H,21,24,26)/b25-12-/t10-,11+/m1/s1. The Labute approximate surface area is 190 Å². The van der Waals surface area contributed by atoms with Gasteiger partial charge in [-0.2, -0.15) is 9.36 Å². The maximum atomic E-state index is 12.9. The predicted octanol–water partition coefficient (Wildman–Crippen LogP) is 0.267. The highest BCUT2D eigenvalue weighted by atomic mass is 32.1. The number of oxime groups is 1. The molecule has 1 aromatic heterocycles. The number of carbonyl (C=O) groups is 3. The number of hydrogen-bond acceptors (Lipinski definition) is 11. The number of nitrogens with one attached hydrogen (secondary N) is 3. The molecule has 2 amide bonds. The molecule has 1 aliphatic rings. The van der Waals surface area contributed by atoms with E-state index in [1.54, 1.807) is 27.7 Å². The first kappa shape index (κ1) is 25.2. The highest BCUT2D eigenvalue weighted by molar-refractivity contribution is 7.09. The zero-order chi connectivity index (χ0) is 24.3. The molecule has 0 radical (unpaired) electrons. The summed E-state index contributed by atoms with van der Waals surface area (Å²) in [6.45, 7) is 13.7. The van der Waals surface area contributed by atoms with Gasteiger partial charge in [0.05, 0.1) is 6.04 Å². The van der Waals surface area contributed by atoms with Gasteiger partial charge in [0.15, 0.2) is 0 Å². The van der Waals surface area contributed by atoms with E-state index >= 15 is 0 Å². The highest BCUT2D eigenvalue weighted by Gasteiger charge is 2.41. The quantitative estimate of drug-likeness (QED) is 0.172. The first-order valence-corrected chi connectivity index (χ1v) is 10.6. The molecule has 0 bridgehead atoms. The van der Waals surface area contributed by atoms with E-state index in [1.165, 1.54) is 13.8 Å². The van der Waals surface area contributed by atoms with Gasteiger partial charge in [0, 0.05) is 23.8 Å². The maximum absolute atomic E-state index is 12.9. The molecule has 2 rings (SSSR count). The molecule has 0 spiro atoms. The molecular weight excluding hydrogens is 438 g/mol. The molecule has 0 aliphatic carbocycles. The lowest BCUT2D eigenvalue weighted by molar-refractivity contribution is -0.179. The second-order valence-electron chi connectivity index (χ2n) is 8.67. The van der Waals surface area contributed by atoms with Crippen molar-refractivity contribution in [1.29, 1.82) is 0 Å². The number of carbonyl (C=O) groups excluding carboxylic acids is 3. The summed E-state index contributed by atoms with van der Waals surface area (Å²) in [6, 6.07) is -1.24. The monoisotopic (exact) mass is 467 g/mol. The van der Waals surface area contributed by atoms with Crippen molar-refractivity contribution >= 4 is 40.2 Å². The van der Waals surface area contributed by atoms with Crippen LogP contribution in [-0.4, -0.2) is 62.7 Å². The van der Waals surface area contributed by atoms with Crippen LogP contribution in [0.4, 0.5) is 5.13 Å². The van der Waals surface area contributed by atoms with Crippen LogP contribution in [0.25, 0.3) is 0 Å². The van der Waals surface area contributed by atoms with E-state index in [1.807, 2.05) is 0 Å². The van der Waals surface area contributed by atoms with Crippen LogP contribution in [0.1, 0.15) is 47.4 Å². The molecule has 0 aromatic carbocycles. The number of β-lactam (4-membered cyclic amide) rings is 1. The van der Waals surface area contributed by atoms with Gasteiger partial charge < -0.3 is 31.3 Å². The van der Waals surface area contributed by atoms with Gasteiger partial charge in [0.1, 0.15) is 11.6 Å². The fourth-order valence-corrected chi connectivity index (χ4v) is 3.00. The van der Waals surface area contributed by atoms with E-state index in [4.69, 9.17) is 15.3 Å². The van der Waals surface area contributed by atoms with Gasteiger partial charge in [-0.3, -0.25) is 9.59 Å². The number of ether oxygens (including phenoxy) is 1. The van der Waals surface area contributed by atoms with Crippen molar-refractivity contribution in [1.82, 2.24) is 20.0 Å². The van der Waals surface area contributed by atoms with Crippen molar-refractivity contribution in [3.8, 4) is 0 Å². The lowest BCUT2D eigenvalue weighted by Gasteiger charge is -2.36. The second kappa shape index (κ2) is 9.61. The minimum Gasteiger partial charge on any atom is -0.457 e. The molecule has 1 fully saturated rings. The molecule has 2 heterocycles. The lowest BCUT2D eigenvalue weighted by Crippen LogP contribution is -2.71. The SMILES string of the molecule is C=C(C)Nc1nc(/C(=N/OC(C)(C)C(=O)OC(C)(C)C)C(=O)N[C@@H]2C(=O)N[C@@H]2CN)ns1. The number of esters is 1. The smallest absolute Gasteiger partial charge is 0.353 e. The summed E-state index contributed by atoms with van der Waals surface area (Å²) < 4.78 is 9.45. The Bertz CT molecular complexity index is 935. The molecule has 32 heavy (non-hydrogen) atoms. The second-order valence-corrected chi connectivity index (χ2v) is 9.43. The summed E-state index contributed by atoms with van der Waals surface area (Å²) in [7, 11) is 0. The molecular formula is C19H29N7O5S. The van der Waals surface area contributed by atoms with E-state index in [0.717, 1.165) is 11.5 Å². The zero-order valence-corrected chi connectivity index (χ0v) is 19.8. The van der Waals surface area contributed by atoms with Crippen LogP contribution in [0.15, 0.2) is 17.4 Å². The van der Waals surface area contributed by atoms with E-state index in [2.05, 4.69) is 37.0 Å². The minimum absolute atomic E-state index is 0.0553. The van der Waals surface area contributed by atoms with Crippen molar-refractivity contribution in [3.05, 3.63) is 18.1 Å². The Morgan fingerprint density at radius 1 is 1.31 bits per heavy atom. The number of amides is 2. The normalized spacial score (nSPS) is 18.8. The van der Waals surface area contributed by atoms with Gasteiger partial charge in [-0.15, -0.1) is 0 Å². The molecule has 176 valence electrons. The van der Waals surface area contributed by atoms with E-state index in [9.17, 15) is 14.4 Å². The van der Waals surface area contributed by atoms with E-state index in [-0.39, 0.29) is 24.0 Å². The molecule has 1 aromatic rings. The van der Waals surface area contributed by atoms with Crippen molar-refractivity contribution in [2.24, 2.45) is 10.9 Å². The summed E-state index contributed by atoms with van der Waals surface area (Å²) in [6.07, 6.45) is 0. The number of allylic oxidation sites excluding steroid dienone is 1. The molecule has 0 saturated carbocycles. The average Bonchev–Trinajstić information content (AvgIpc) is 3.10. The van der Waals surface area contributed by atoms with Gasteiger partial charge in [-0.1, -0.05) is 11.7 Å². The summed E-state index contributed by atoms with van der Waals surface area (Å²) in [4.78, 5) is 46.8. The van der Waals surface area contributed by atoms with Gasteiger partial charge >= 0.3 is 5.97 Å². The van der Waals surface area contributed by atoms with Gasteiger partial charge in [0.25, 0.3) is 5.91 Å². The van der Waals surface area contributed by atoms with E-state index < -0.39 is 35.2 Å². The van der Waals surface area contributed by atoms with Crippen LogP contribution in [0.3, 0.4) is 0 Å². The van der Waals surface area contributed by atoms with Gasteiger partial charge in [-0.05, 0) is 41.5 Å². The summed E-state index contributed by atoms with van der Waals surface area (Å²) in [5.74, 6) is -1.87. The Morgan fingerprint density at radius 3 is 2.50 bits per heavy atom. The largest absolute Gasteiger partial charge is 0.457 e. The fourth-order valence-electron chi connectivity index (χ4n) is 2.35. The number of anilines is 1. The molecule has 1 saturated heterocycles. The molecule has 5 N–H and O–H groups in total. The van der Waals surface area contributed by atoms with Crippen LogP contribution < -0.4 is 21.7 Å². The summed E-state index contributed by atoms with van der Waals surface area (Å²) in [5.41, 5.74) is 3.64. The van der Waals surface area contributed by atoms with Crippen LogP contribution in [0.2, 0.25) is 0 Å². The van der Waals surface area contributed by atoms with Crippen LogP contribution in [0, 0.1) is 0 Å². The Balaban J connectivity index is 2.29. The van der Waals surface area contributed by atoms with E-state index in [0.29, 0.717) is 10.8 Å². The van der Waals surface area contributed by atoms with Crippen LogP contribution in [-0.2, 0) is 24.0 Å². The molecule has 13 heteroatoms. The summed E-state index contributed by atoms with van der Waals surface area (Å²) in [5, 5.41) is 12.3. The number of rotatable bonds is 9. The Morgan fingerprint density at radius 2 is 1.97 bits per heavy atom. The molecule has 1 aliphatic heterocycles. The van der Waals surface area contributed by atoms with Crippen molar-refractivity contribution < 1.29 is 24.0 Å². The average molecular weight is 468 g/mol. The number of aromatic nitrogens is 2. The van der Waals surface area contributed by atoms with Crippen molar-refractivity contribution in [2.75, 3.05) is 11.9 Å². The third kappa shape index (κ3) is 6.47. The lowest BCUT2D eigenvalue weighted by atomic mass is 9.99. The van der Waals surface area contributed by atoms with Gasteiger partial charge in [-0.25, -0.2) is 4.79 Å². The number of hydrogen-bond donors (Lipinski definition) is 4. The first-order chi connectivity index (χ1) is 14.7. The number of nitrogens with zero attached hydrogens (tertiary/aromatic N) is 3. The topological polar surface area (TPSA) is 170 Å². The fraction of sp³-hybridized carbons (Fsp3) is 0.579. The third-order valence-electron chi connectivity index (χ3n) is 3.98. The third-order valence-corrected chi connectivity index (χ3v) is 4.61.